The molecule has 0 saturated heterocycles. The minimum absolute atomic E-state index is 0.0827. The summed E-state index contributed by atoms with van der Waals surface area (Å²) in [6.45, 7) is 4.85. The van der Waals surface area contributed by atoms with Crippen LogP contribution in [0.4, 0.5) is 0 Å². The lowest BCUT2D eigenvalue weighted by Crippen LogP contribution is -2.16. The predicted molar refractivity (Wildman–Crippen MR) is 271 cm³/mol. The molecule has 0 bridgehead atoms. The lowest BCUT2D eigenvalue weighted by Gasteiger charge is -2.11. The monoisotopic (exact) mass is 915 g/mol. The van der Waals surface area contributed by atoms with E-state index in [1.54, 1.807) is 0 Å². The predicted octanol–water partition coefficient (Wildman–Crippen LogP) is 18.0. The number of carbonyl (C=O) groups excluding carboxylic acids is 2. The summed E-state index contributed by atoms with van der Waals surface area (Å²) in [6.07, 6.45) is 60.0. The normalized spacial score (nSPS) is 11.9. The highest BCUT2D eigenvalue weighted by Crippen LogP contribution is 2.20. The van der Waals surface area contributed by atoms with Crippen molar-refractivity contribution in [1.29, 1.82) is 0 Å². The molecule has 64 heavy (non-hydrogen) atoms. The van der Waals surface area contributed by atoms with Crippen molar-refractivity contribution in [1.82, 2.24) is 0 Å². The Morgan fingerprint density at radius 3 is 0.969 bits per heavy atom. The van der Waals surface area contributed by atoms with Crippen LogP contribution in [-0.4, -0.2) is 38.1 Å². The summed E-state index contributed by atoms with van der Waals surface area (Å²) in [5.41, 5.74) is -0.316. The fraction of sp³-hybridized carbons (Fsp3) is 0.786. The third kappa shape index (κ3) is 36.7. The third-order valence-corrected chi connectivity index (χ3v) is 13.4. The summed E-state index contributed by atoms with van der Waals surface area (Å²) in [5, 5.41) is 0. The number of benzene rings is 1. The van der Waals surface area contributed by atoms with Crippen LogP contribution < -0.4 is 0 Å². The summed E-state index contributed by atoms with van der Waals surface area (Å²) >= 11 is 0. The zero-order chi connectivity index (χ0) is 46.4. The molecule has 370 valence electrons. The highest BCUT2D eigenvalue weighted by molar-refractivity contribution is 7.85. The van der Waals surface area contributed by atoms with Gasteiger partial charge in [0.15, 0.2) is 0 Å². The molecular weight excluding hydrogens is 817 g/mol. The van der Waals surface area contributed by atoms with Crippen LogP contribution in [0.3, 0.4) is 0 Å². The number of carbonyl (C=O) groups is 2. The Morgan fingerprint density at radius 1 is 0.406 bits per heavy atom. The van der Waals surface area contributed by atoms with Crippen molar-refractivity contribution in [3.63, 3.8) is 0 Å². The zero-order valence-corrected chi connectivity index (χ0v) is 42.4. The van der Waals surface area contributed by atoms with E-state index in [9.17, 15) is 22.6 Å². The third-order valence-electron chi connectivity index (χ3n) is 12.5. The van der Waals surface area contributed by atoms with E-state index in [2.05, 4.69) is 38.2 Å². The second kappa shape index (κ2) is 44.4. The van der Waals surface area contributed by atoms with E-state index >= 15 is 0 Å². The van der Waals surface area contributed by atoms with Gasteiger partial charge in [0.2, 0.25) is 0 Å². The van der Waals surface area contributed by atoms with Gasteiger partial charge in [0.25, 0.3) is 10.1 Å². The maximum absolute atomic E-state index is 13.0. The minimum atomic E-state index is -4.58. The van der Waals surface area contributed by atoms with Crippen molar-refractivity contribution in [2.45, 2.75) is 276 Å². The highest BCUT2D eigenvalue weighted by atomic mass is 32.2. The number of hydrogen-bond acceptors (Lipinski definition) is 6. The van der Waals surface area contributed by atoms with Crippen LogP contribution in [0.1, 0.15) is 291 Å². The average molecular weight is 915 g/mol. The van der Waals surface area contributed by atoms with Crippen molar-refractivity contribution in [2.24, 2.45) is 0 Å². The molecular formula is C56H98O7S. The lowest BCUT2D eigenvalue weighted by molar-refractivity contribution is 0.0453. The van der Waals surface area contributed by atoms with Crippen LogP contribution in [0.2, 0.25) is 0 Å². The van der Waals surface area contributed by atoms with Crippen LogP contribution in [0, 0.1) is 0 Å². The first-order chi connectivity index (χ1) is 31.3. The first kappa shape index (κ1) is 59.6. The van der Waals surface area contributed by atoms with E-state index in [0.717, 1.165) is 37.8 Å². The van der Waals surface area contributed by atoms with Gasteiger partial charge in [-0.25, -0.2) is 9.59 Å². The molecule has 0 aliphatic rings. The van der Waals surface area contributed by atoms with Gasteiger partial charge in [0.1, 0.15) is 0 Å². The van der Waals surface area contributed by atoms with Crippen LogP contribution in [0.15, 0.2) is 47.4 Å². The molecule has 1 rings (SSSR count). The Hall–Kier alpha value is -2.45. The number of unbranched alkanes of at least 4 members (excludes halogenated alkanes) is 36. The number of hydrogen-bond donors (Lipinski definition) is 1. The van der Waals surface area contributed by atoms with Gasteiger partial charge in [-0.15, -0.1) is 0 Å². The molecule has 0 aliphatic heterocycles. The minimum Gasteiger partial charge on any atom is -0.462 e. The number of esters is 2. The van der Waals surface area contributed by atoms with E-state index < -0.39 is 27.0 Å². The lowest BCUT2D eigenvalue weighted by atomic mass is 10.0. The standard InChI is InChI=1S/C56H98O7S/c1-3-5-7-9-11-13-15-17-19-21-23-25-27-29-31-33-35-37-39-41-43-45-49-62-55(57)53-48-47-52(64(59,60)61)51-54(53)56(58)63-50-46-44-42-40-38-36-34-32-30-28-26-24-22-20-18-16-14-12-10-8-6-4-2/h39-42,47-48,51H,3-38,43-46,49-50H2,1-2H3,(H,59,60,61)/b41-39+,42-40+. The van der Waals surface area contributed by atoms with Crippen molar-refractivity contribution in [3.05, 3.63) is 53.6 Å². The highest BCUT2D eigenvalue weighted by Gasteiger charge is 2.23. The van der Waals surface area contributed by atoms with Gasteiger partial charge in [-0.05, 0) is 69.6 Å². The Bertz CT molecular complexity index is 1400. The summed E-state index contributed by atoms with van der Waals surface area (Å²) < 4.78 is 44.1. The summed E-state index contributed by atoms with van der Waals surface area (Å²) in [4.78, 5) is 25.5. The molecule has 0 heterocycles. The summed E-state index contributed by atoms with van der Waals surface area (Å²) in [5.74, 6) is -1.55. The number of allylic oxidation sites excluding steroid dienone is 4. The van der Waals surface area contributed by atoms with E-state index in [0.29, 0.717) is 12.8 Å². The van der Waals surface area contributed by atoms with E-state index in [-0.39, 0.29) is 24.3 Å². The van der Waals surface area contributed by atoms with Crippen molar-refractivity contribution in [2.75, 3.05) is 13.2 Å². The summed E-state index contributed by atoms with van der Waals surface area (Å²) in [7, 11) is -4.58. The molecule has 0 fully saturated rings. The van der Waals surface area contributed by atoms with Gasteiger partial charge in [-0.2, -0.15) is 8.42 Å². The van der Waals surface area contributed by atoms with Gasteiger partial charge in [0, 0.05) is 0 Å². The van der Waals surface area contributed by atoms with Crippen LogP contribution in [-0.2, 0) is 19.6 Å². The van der Waals surface area contributed by atoms with Gasteiger partial charge >= 0.3 is 11.9 Å². The molecule has 1 aromatic carbocycles. The van der Waals surface area contributed by atoms with Gasteiger partial charge < -0.3 is 9.47 Å². The SMILES string of the molecule is CCCCCCCCCCCCCCCCCCC/C=C/CCCOC(=O)c1ccc(S(=O)(=O)O)cc1C(=O)OCCC/C=C/CCCCCCCCCCCCCCCCCCC. The maximum Gasteiger partial charge on any atom is 0.339 e. The molecule has 0 spiro atoms. The van der Waals surface area contributed by atoms with E-state index in [1.165, 1.54) is 224 Å². The Kier molecular flexibility index (Phi) is 41.3. The second-order valence-electron chi connectivity index (χ2n) is 18.6. The summed E-state index contributed by atoms with van der Waals surface area (Å²) in [6, 6.07) is 3.27. The molecule has 1 aromatic rings. The molecule has 1 N–H and O–H groups in total. The number of rotatable bonds is 47. The topological polar surface area (TPSA) is 107 Å². The molecule has 0 radical (unpaired) electrons. The average Bonchev–Trinajstić information content (AvgIpc) is 3.28. The van der Waals surface area contributed by atoms with Gasteiger partial charge in [-0.1, -0.05) is 244 Å². The Labute approximate surface area is 394 Å². The molecule has 0 atom stereocenters. The van der Waals surface area contributed by atoms with Crippen LogP contribution >= 0.6 is 0 Å². The van der Waals surface area contributed by atoms with Crippen LogP contribution in [0.5, 0.6) is 0 Å². The quantitative estimate of drug-likeness (QED) is 0.0300. The Morgan fingerprint density at radius 2 is 0.672 bits per heavy atom. The largest absolute Gasteiger partial charge is 0.462 e. The molecule has 0 aliphatic carbocycles. The molecule has 0 amide bonds. The Balaban J connectivity index is 2.13. The van der Waals surface area contributed by atoms with Crippen molar-refractivity contribution < 1.29 is 32.0 Å². The van der Waals surface area contributed by atoms with Crippen molar-refractivity contribution in [3.8, 4) is 0 Å². The molecule has 8 heteroatoms. The fourth-order valence-corrected chi connectivity index (χ4v) is 8.87. The number of ether oxygens (including phenoxy) is 2. The first-order valence-electron chi connectivity index (χ1n) is 27.1. The van der Waals surface area contributed by atoms with Crippen molar-refractivity contribution >= 4 is 22.1 Å². The van der Waals surface area contributed by atoms with Gasteiger partial charge in [-0.3, -0.25) is 4.55 Å². The van der Waals surface area contributed by atoms with E-state index in [1.807, 2.05) is 0 Å². The molecule has 0 aromatic heterocycles. The molecule has 0 saturated carbocycles. The maximum atomic E-state index is 13.0. The fourth-order valence-electron chi connectivity index (χ4n) is 8.36. The first-order valence-corrected chi connectivity index (χ1v) is 28.5. The van der Waals surface area contributed by atoms with Gasteiger partial charge in [0.05, 0.1) is 29.2 Å². The van der Waals surface area contributed by atoms with E-state index in [4.69, 9.17) is 9.47 Å². The van der Waals surface area contributed by atoms with Crippen LogP contribution in [0.25, 0.3) is 0 Å². The molecule has 0 unspecified atom stereocenters. The smallest absolute Gasteiger partial charge is 0.339 e. The second-order valence-corrected chi connectivity index (χ2v) is 20.0. The zero-order valence-electron chi connectivity index (χ0n) is 41.5. The molecule has 7 nitrogen and oxygen atoms in total.